The van der Waals surface area contributed by atoms with Gasteiger partial charge in [0.15, 0.2) is 0 Å². The molecule has 0 aliphatic carbocycles. The molecule has 0 atom stereocenters. The summed E-state index contributed by atoms with van der Waals surface area (Å²) in [6.45, 7) is 9.09. The van der Waals surface area contributed by atoms with Crippen molar-refractivity contribution in [2.24, 2.45) is 0 Å². The number of pyridine rings is 1. The molecule has 1 fully saturated rings. The minimum atomic E-state index is 0.456. The van der Waals surface area contributed by atoms with Crippen molar-refractivity contribution in [3.05, 3.63) is 41.7 Å². The normalized spacial score (nSPS) is 16.9. The van der Waals surface area contributed by atoms with Crippen LogP contribution in [0.15, 0.2) is 30.5 Å². The fourth-order valence-corrected chi connectivity index (χ4v) is 2.86. The third-order valence-corrected chi connectivity index (χ3v) is 3.95. The lowest BCUT2D eigenvalue weighted by Gasteiger charge is -2.27. The van der Waals surface area contributed by atoms with Crippen molar-refractivity contribution in [1.82, 2.24) is 9.88 Å². The minimum Gasteiger partial charge on any atom is -0.379 e. The molecule has 2 aromatic rings. The van der Waals surface area contributed by atoms with Crippen molar-refractivity contribution in [3.63, 3.8) is 0 Å². The van der Waals surface area contributed by atoms with E-state index in [4.69, 9.17) is 9.72 Å². The fourth-order valence-electron chi connectivity index (χ4n) is 2.86. The summed E-state index contributed by atoms with van der Waals surface area (Å²) in [6, 6.07) is 8.64. The summed E-state index contributed by atoms with van der Waals surface area (Å²) in [5.74, 6) is 0.456. The van der Waals surface area contributed by atoms with E-state index in [2.05, 4.69) is 49.2 Å². The van der Waals surface area contributed by atoms with Crippen LogP contribution in [0.2, 0.25) is 0 Å². The summed E-state index contributed by atoms with van der Waals surface area (Å²) >= 11 is 0. The van der Waals surface area contributed by atoms with Crippen LogP contribution in [0.5, 0.6) is 0 Å². The van der Waals surface area contributed by atoms with E-state index in [1.807, 2.05) is 0 Å². The molecule has 3 nitrogen and oxygen atoms in total. The summed E-state index contributed by atoms with van der Waals surface area (Å²) in [7, 11) is 0. The Morgan fingerprint density at radius 3 is 2.55 bits per heavy atom. The van der Waals surface area contributed by atoms with Crippen LogP contribution in [0.4, 0.5) is 0 Å². The maximum atomic E-state index is 5.42. The van der Waals surface area contributed by atoms with E-state index >= 15 is 0 Å². The zero-order valence-corrected chi connectivity index (χ0v) is 12.3. The summed E-state index contributed by atoms with van der Waals surface area (Å²) in [4.78, 5) is 7.16. The quantitative estimate of drug-likeness (QED) is 0.856. The predicted octanol–water partition coefficient (Wildman–Crippen LogP) is 3.19. The van der Waals surface area contributed by atoms with E-state index in [1.54, 1.807) is 0 Å². The van der Waals surface area contributed by atoms with Crippen molar-refractivity contribution in [2.45, 2.75) is 26.3 Å². The lowest BCUT2D eigenvalue weighted by Crippen LogP contribution is -2.35. The highest BCUT2D eigenvalue weighted by molar-refractivity contribution is 5.87. The molecule has 0 amide bonds. The second-order valence-electron chi connectivity index (χ2n) is 5.76. The Bertz CT molecular complexity index is 589. The van der Waals surface area contributed by atoms with Crippen LogP contribution in [-0.4, -0.2) is 36.2 Å². The van der Waals surface area contributed by atoms with E-state index < -0.39 is 0 Å². The lowest BCUT2D eigenvalue weighted by atomic mass is 9.99. The van der Waals surface area contributed by atoms with Gasteiger partial charge in [-0.1, -0.05) is 38.1 Å². The van der Waals surface area contributed by atoms with Gasteiger partial charge in [-0.25, -0.2) is 0 Å². The van der Waals surface area contributed by atoms with Gasteiger partial charge in [0.05, 0.1) is 18.9 Å². The number of rotatable bonds is 3. The van der Waals surface area contributed by atoms with E-state index in [0.29, 0.717) is 5.92 Å². The topological polar surface area (TPSA) is 25.4 Å². The lowest BCUT2D eigenvalue weighted by molar-refractivity contribution is 0.0343. The Kier molecular flexibility index (Phi) is 3.99. The van der Waals surface area contributed by atoms with Gasteiger partial charge in [-0.05, 0) is 16.9 Å². The first kappa shape index (κ1) is 13.5. The van der Waals surface area contributed by atoms with Crippen LogP contribution in [0, 0.1) is 0 Å². The van der Waals surface area contributed by atoms with Gasteiger partial charge >= 0.3 is 0 Å². The highest BCUT2D eigenvalue weighted by Crippen LogP contribution is 2.26. The molecule has 3 heteroatoms. The molecular formula is C17H22N2O. The molecule has 1 aliphatic heterocycles. The minimum absolute atomic E-state index is 0.456. The molecule has 20 heavy (non-hydrogen) atoms. The van der Waals surface area contributed by atoms with Crippen molar-refractivity contribution in [3.8, 4) is 0 Å². The molecule has 0 saturated carbocycles. The van der Waals surface area contributed by atoms with Gasteiger partial charge in [0.2, 0.25) is 0 Å². The number of hydrogen-bond acceptors (Lipinski definition) is 3. The Morgan fingerprint density at radius 1 is 1.15 bits per heavy atom. The van der Waals surface area contributed by atoms with Gasteiger partial charge in [-0.3, -0.25) is 9.88 Å². The molecule has 0 radical (unpaired) electrons. The average molecular weight is 270 g/mol. The summed E-state index contributed by atoms with van der Waals surface area (Å²) in [5, 5.41) is 2.64. The summed E-state index contributed by atoms with van der Waals surface area (Å²) in [5.41, 5.74) is 2.53. The number of fused-ring (bicyclic) bond motifs is 1. The van der Waals surface area contributed by atoms with Crippen LogP contribution in [0.25, 0.3) is 10.8 Å². The third-order valence-electron chi connectivity index (χ3n) is 3.95. The Hall–Kier alpha value is -1.45. The molecular weight excluding hydrogens is 248 g/mol. The van der Waals surface area contributed by atoms with E-state index in [-0.39, 0.29) is 0 Å². The zero-order valence-electron chi connectivity index (χ0n) is 12.3. The third kappa shape index (κ3) is 2.69. The fraction of sp³-hybridized carbons (Fsp3) is 0.471. The molecule has 1 aromatic carbocycles. The van der Waals surface area contributed by atoms with E-state index in [1.165, 1.54) is 22.0 Å². The van der Waals surface area contributed by atoms with Gasteiger partial charge in [0.1, 0.15) is 0 Å². The molecule has 0 unspecified atom stereocenters. The number of nitrogens with zero attached hydrogens (tertiary/aromatic N) is 2. The van der Waals surface area contributed by atoms with Crippen LogP contribution in [0.1, 0.15) is 31.0 Å². The van der Waals surface area contributed by atoms with Gasteiger partial charge in [-0.2, -0.15) is 0 Å². The Labute approximate surface area is 120 Å². The van der Waals surface area contributed by atoms with Crippen LogP contribution < -0.4 is 0 Å². The van der Waals surface area contributed by atoms with Crippen LogP contribution in [-0.2, 0) is 11.3 Å². The zero-order chi connectivity index (χ0) is 13.9. The molecule has 0 bridgehead atoms. The Morgan fingerprint density at radius 2 is 1.85 bits per heavy atom. The Balaban J connectivity index is 1.97. The number of ether oxygens (including phenoxy) is 1. The highest BCUT2D eigenvalue weighted by atomic mass is 16.5. The molecule has 0 N–H and O–H groups in total. The molecule has 3 rings (SSSR count). The number of aromatic nitrogens is 1. The van der Waals surface area contributed by atoms with Crippen LogP contribution in [0.3, 0.4) is 0 Å². The number of hydrogen-bond donors (Lipinski definition) is 0. The van der Waals surface area contributed by atoms with Crippen molar-refractivity contribution >= 4 is 10.8 Å². The van der Waals surface area contributed by atoms with Gasteiger partial charge in [0, 0.05) is 31.2 Å². The highest BCUT2D eigenvalue weighted by Gasteiger charge is 2.14. The summed E-state index contributed by atoms with van der Waals surface area (Å²) in [6.07, 6.45) is 2.06. The maximum absolute atomic E-state index is 5.42. The molecule has 2 heterocycles. The monoisotopic (exact) mass is 270 g/mol. The SMILES string of the molecule is CC(C)c1ncc(CN2CCOCC2)c2ccccc12. The standard InChI is InChI=1S/C17H22N2O/c1-13(2)17-16-6-4-3-5-15(16)14(11-18-17)12-19-7-9-20-10-8-19/h3-6,11,13H,7-10,12H2,1-2H3. The van der Waals surface area contributed by atoms with E-state index in [9.17, 15) is 0 Å². The van der Waals surface area contributed by atoms with Crippen molar-refractivity contribution < 1.29 is 4.74 Å². The van der Waals surface area contributed by atoms with Gasteiger partial charge < -0.3 is 4.74 Å². The molecule has 1 aromatic heterocycles. The maximum Gasteiger partial charge on any atom is 0.0594 e. The second-order valence-corrected chi connectivity index (χ2v) is 5.76. The van der Waals surface area contributed by atoms with Crippen molar-refractivity contribution in [1.29, 1.82) is 0 Å². The first-order valence-electron chi connectivity index (χ1n) is 7.42. The molecule has 0 spiro atoms. The second kappa shape index (κ2) is 5.90. The van der Waals surface area contributed by atoms with Crippen LogP contribution >= 0.6 is 0 Å². The summed E-state index contributed by atoms with van der Waals surface area (Å²) < 4.78 is 5.42. The molecule has 1 saturated heterocycles. The average Bonchev–Trinajstić information content (AvgIpc) is 2.48. The molecule has 106 valence electrons. The number of morpholine rings is 1. The van der Waals surface area contributed by atoms with E-state index in [0.717, 1.165) is 32.8 Å². The molecule has 1 aliphatic rings. The predicted molar refractivity (Wildman–Crippen MR) is 81.9 cm³/mol. The van der Waals surface area contributed by atoms with Gasteiger partial charge in [0.25, 0.3) is 0 Å². The van der Waals surface area contributed by atoms with Crippen molar-refractivity contribution in [2.75, 3.05) is 26.3 Å². The first-order valence-corrected chi connectivity index (χ1v) is 7.42. The van der Waals surface area contributed by atoms with Gasteiger partial charge in [-0.15, -0.1) is 0 Å². The first-order chi connectivity index (χ1) is 9.75. The smallest absolute Gasteiger partial charge is 0.0594 e. The largest absolute Gasteiger partial charge is 0.379 e. The number of benzene rings is 1.